The van der Waals surface area contributed by atoms with Gasteiger partial charge in [0.25, 0.3) is 0 Å². The molecule has 0 radical (unpaired) electrons. The van der Waals surface area contributed by atoms with Gasteiger partial charge in [-0.05, 0) is 70.6 Å². The quantitative estimate of drug-likeness (QED) is 0.494. The largest absolute Gasteiger partial charge is 0.426 e. The Hall–Kier alpha value is -2.95. The van der Waals surface area contributed by atoms with Crippen LogP contribution in [0.1, 0.15) is 24.0 Å². The first-order valence-corrected chi connectivity index (χ1v) is 13.2. The fourth-order valence-electron chi connectivity index (χ4n) is 5.39. The zero-order valence-corrected chi connectivity index (χ0v) is 22.4. The highest BCUT2D eigenvalue weighted by Gasteiger charge is 2.30. The number of amides is 2. The van der Waals surface area contributed by atoms with Crippen LogP contribution in [0.2, 0.25) is 0 Å². The second-order valence-electron chi connectivity index (χ2n) is 10.2. The van der Waals surface area contributed by atoms with Gasteiger partial charge in [-0.2, -0.15) is 5.10 Å². The Balaban J connectivity index is 1.34. The van der Waals surface area contributed by atoms with E-state index in [0.717, 1.165) is 61.3 Å². The standard InChI is InChI=1S/C27H41N7O3/c1-5-8-29-27(36)37-19-34-18-22-16-21(15-20(2)25(22)30-34)17-24(28-3)26(35)33-13-11-32(12-14-33)23-6-9-31(4)10-7-23/h5,15-16,18,23-24,28H,1,6-14,17,19H2,2-4H3,(H,29,36). The minimum Gasteiger partial charge on any atom is -0.426 e. The van der Waals surface area contributed by atoms with Crippen LogP contribution in [-0.2, 0) is 22.7 Å². The van der Waals surface area contributed by atoms with E-state index >= 15 is 0 Å². The van der Waals surface area contributed by atoms with E-state index in [1.807, 2.05) is 25.1 Å². The average molecular weight is 512 g/mol. The van der Waals surface area contributed by atoms with E-state index in [0.29, 0.717) is 19.0 Å². The van der Waals surface area contributed by atoms with E-state index in [-0.39, 0.29) is 18.7 Å². The minimum atomic E-state index is -0.514. The Morgan fingerprint density at radius 2 is 1.92 bits per heavy atom. The molecule has 0 saturated carbocycles. The van der Waals surface area contributed by atoms with Crippen molar-refractivity contribution in [3.8, 4) is 0 Å². The predicted octanol–water partition coefficient (Wildman–Crippen LogP) is 1.58. The first kappa shape index (κ1) is 27.1. The Kier molecular flexibility index (Phi) is 9.18. The van der Waals surface area contributed by atoms with Crippen LogP contribution in [0.4, 0.5) is 4.79 Å². The number of hydrogen-bond donors (Lipinski definition) is 2. The Bertz CT molecular complexity index is 1090. The van der Waals surface area contributed by atoms with Gasteiger partial charge in [-0.3, -0.25) is 9.69 Å². The van der Waals surface area contributed by atoms with Crippen LogP contribution in [0.25, 0.3) is 10.9 Å². The summed E-state index contributed by atoms with van der Waals surface area (Å²) in [6, 6.07) is 4.53. The first-order chi connectivity index (χ1) is 17.9. The molecule has 1 unspecified atom stereocenters. The molecule has 2 aromatic rings. The number of likely N-dealkylation sites (tertiary alicyclic amines) is 1. The van der Waals surface area contributed by atoms with Gasteiger partial charge in [0.2, 0.25) is 5.91 Å². The summed E-state index contributed by atoms with van der Waals surface area (Å²) in [5.74, 6) is 0.165. The molecule has 0 spiro atoms. The first-order valence-electron chi connectivity index (χ1n) is 13.2. The van der Waals surface area contributed by atoms with Crippen molar-refractivity contribution >= 4 is 22.9 Å². The van der Waals surface area contributed by atoms with Crippen LogP contribution < -0.4 is 10.6 Å². The molecule has 202 valence electrons. The third-order valence-corrected chi connectivity index (χ3v) is 7.54. The van der Waals surface area contributed by atoms with Gasteiger partial charge in [0.05, 0.1) is 11.6 Å². The summed E-state index contributed by atoms with van der Waals surface area (Å²) in [7, 11) is 4.05. The molecule has 2 N–H and O–H groups in total. The van der Waals surface area contributed by atoms with Gasteiger partial charge in [-0.15, -0.1) is 6.58 Å². The summed E-state index contributed by atoms with van der Waals surface area (Å²) in [6.45, 7) is 11.7. The summed E-state index contributed by atoms with van der Waals surface area (Å²) in [5, 5.41) is 11.3. The molecule has 1 aromatic heterocycles. The summed E-state index contributed by atoms with van der Waals surface area (Å²) >= 11 is 0. The van der Waals surface area contributed by atoms with Gasteiger partial charge in [0.15, 0.2) is 6.73 Å². The predicted molar refractivity (Wildman–Crippen MR) is 144 cm³/mol. The van der Waals surface area contributed by atoms with Crippen molar-refractivity contribution < 1.29 is 14.3 Å². The number of aromatic nitrogens is 2. The number of piperidine rings is 1. The molecule has 4 rings (SSSR count). The summed E-state index contributed by atoms with van der Waals surface area (Å²) in [5.41, 5.74) is 2.96. The third-order valence-electron chi connectivity index (χ3n) is 7.54. The fraction of sp³-hybridized carbons (Fsp3) is 0.593. The molecule has 2 amide bonds. The number of rotatable bonds is 9. The summed E-state index contributed by atoms with van der Waals surface area (Å²) < 4.78 is 6.81. The number of hydrogen-bond acceptors (Lipinski definition) is 7. The lowest BCUT2D eigenvalue weighted by Crippen LogP contribution is -2.57. The molecule has 2 aliphatic heterocycles. The zero-order valence-electron chi connectivity index (χ0n) is 22.4. The number of piperazine rings is 1. The second kappa shape index (κ2) is 12.5. The maximum atomic E-state index is 13.4. The number of nitrogens with one attached hydrogen (secondary N) is 2. The number of fused-ring (bicyclic) bond motifs is 1. The number of carbonyl (C=O) groups excluding carboxylic acids is 2. The van der Waals surface area contributed by atoms with Gasteiger partial charge in [0.1, 0.15) is 0 Å². The molecule has 10 heteroatoms. The third kappa shape index (κ3) is 6.88. The van der Waals surface area contributed by atoms with E-state index in [4.69, 9.17) is 4.74 Å². The topological polar surface area (TPSA) is 95.0 Å². The summed E-state index contributed by atoms with van der Waals surface area (Å²) in [4.78, 5) is 32.1. The number of nitrogens with zero attached hydrogens (tertiary/aromatic N) is 5. The number of ether oxygens (including phenoxy) is 1. The molecular weight excluding hydrogens is 470 g/mol. The van der Waals surface area contributed by atoms with Crippen molar-refractivity contribution in [3.63, 3.8) is 0 Å². The zero-order chi connectivity index (χ0) is 26.4. The van der Waals surface area contributed by atoms with Gasteiger partial charge in [-0.1, -0.05) is 12.1 Å². The van der Waals surface area contributed by atoms with Gasteiger partial charge >= 0.3 is 6.09 Å². The van der Waals surface area contributed by atoms with Crippen molar-refractivity contribution in [1.82, 2.24) is 35.1 Å². The average Bonchev–Trinajstić information content (AvgIpc) is 3.33. The van der Waals surface area contributed by atoms with Crippen molar-refractivity contribution in [3.05, 3.63) is 42.1 Å². The van der Waals surface area contributed by atoms with Crippen LogP contribution in [0, 0.1) is 6.92 Å². The molecule has 2 fully saturated rings. The Morgan fingerprint density at radius 3 is 2.59 bits per heavy atom. The maximum Gasteiger partial charge on any atom is 0.409 e. The van der Waals surface area contributed by atoms with Crippen LogP contribution in [0.15, 0.2) is 31.0 Å². The highest BCUT2D eigenvalue weighted by atomic mass is 16.6. The van der Waals surface area contributed by atoms with Crippen molar-refractivity contribution in [2.75, 3.05) is 59.9 Å². The Labute approximate surface area is 219 Å². The molecule has 1 atom stereocenters. The van der Waals surface area contributed by atoms with Crippen LogP contribution in [-0.4, -0.2) is 108 Å². The molecule has 0 aliphatic carbocycles. The lowest BCUT2D eigenvalue weighted by atomic mass is 10.00. The van der Waals surface area contributed by atoms with Crippen molar-refractivity contribution in [1.29, 1.82) is 0 Å². The lowest BCUT2D eigenvalue weighted by Gasteiger charge is -2.42. The molecule has 10 nitrogen and oxygen atoms in total. The molecule has 2 saturated heterocycles. The monoisotopic (exact) mass is 511 g/mol. The van der Waals surface area contributed by atoms with E-state index in [1.165, 1.54) is 12.8 Å². The normalized spacial score (nSPS) is 18.6. The van der Waals surface area contributed by atoms with E-state index in [9.17, 15) is 9.59 Å². The highest BCUT2D eigenvalue weighted by molar-refractivity contribution is 5.84. The maximum absolute atomic E-state index is 13.4. The second-order valence-corrected chi connectivity index (χ2v) is 10.2. The van der Waals surface area contributed by atoms with E-state index < -0.39 is 6.09 Å². The van der Waals surface area contributed by atoms with Gasteiger partial charge in [-0.25, -0.2) is 9.48 Å². The van der Waals surface area contributed by atoms with E-state index in [1.54, 1.807) is 10.8 Å². The van der Waals surface area contributed by atoms with E-state index in [2.05, 4.69) is 51.3 Å². The van der Waals surface area contributed by atoms with Crippen molar-refractivity contribution in [2.45, 2.75) is 45.0 Å². The Morgan fingerprint density at radius 1 is 1.19 bits per heavy atom. The number of aryl methyl sites for hydroxylation is 1. The minimum absolute atomic E-state index is 0.0214. The van der Waals surface area contributed by atoms with Crippen LogP contribution in [0.3, 0.4) is 0 Å². The molecule has 1 aromatic carbocycles. The number of benzene rings is 1. The molecule has 37 heavy (non-hydrogen) atoms. The SMILES string of the molecule is C=CCNC(=O)OCn1cc2cc(CC(NC)C(=O)N3CCN(C4CCN(C)CC4)CC3)cc(C)c2n1. The van der Waals surface area contributed by atoms with Crippen LogP contribution >= 0.6 is 0 Å². The molecular formula is C27H41N7O3. The molecule has 0 bridgehead atoms. The number of likely N-dealkylation sites (N-methyl/N-ethyl adjacent to an activating group) is 1. The molecule has 3 heterocycles. The van der Waals surface area contributed by atoms with Gasteiger partial charge < -0.3 is 25.2 Å². The molecule has 2 aliphatic rings. The lowest BCUT2D eigenvalue weighted by molar-refractivity contribution is -0.135. The van der Waals surface area contributed by atoms with Crippen molar-refractivity contribution in [2.24, 2.45) is 0 Å². The van der Waals surface area contributed by atoms with Crippen LogP contribution in [0.5, 0.6) is 0 Å². The van der Waals surface area contributed by atoms with Gasteiger partial charge in [0, 0.05) is 50.3 Å². The summed E-state index contributed by atoms with van der Waals surface area (Å²) in [6.07, 6.45) is 5.98. The number of alkyl carbamates (subject to hydrolysis) is 1. The highest BCUT2D eigenvalue weighted by Crippen LogP contribution is 2.22. The number of carbonyl (C=O) groups is 2. The smallest absolute Gasteiger partial charge is 0.409 e. The fourth-order valence-corrected chi connectivity index (χ4v) is 5.39.